The lowest BCUT2D eigenvalue weighted by Crippen LogP contribution is -2.39. The first-order chi connectivity index (χ1) is 6.05. The minimum atomic E-state index is -0.281. The smallest absolute Gasteiger partial charge is 0.0950 e. The van der Waals surface area contributed by atoms with Crippen molar-refractivity contribution in [2.75, 3.05) is 0 Å². The van der Waals surface area contributed by atoms with Gasteiger partial charge in [0.05, 0.1) is 18.1 Å². The second-order valence-corrected chi connectivity index (χ2v) is 3.69. The van der Waals surface area contributed by atoms with Gasteiger partial charge >= 0.3 is 0 Å². The van der Waals surface area contributed by atoms with Crippen LogP contribution in [0.3, 0.4) is 0 Å². The van der Waals surface area contributed by atoms with E-state index in [9.17, 15) is 0 Å². The fraction of sp³-hybridized carbons (Fsp3) is 0.455. The zero-order valence-corrected chi connectivity index (χ0v) is 8.29. The molecule has 0 saturated carbocycles. The molecule has 0 aromatic carbocycles. The van der Waals surface area contributed by atoms with Gasteiger partial charge in [-0.05, 0) is 26.8 Å². The van der Waals surface area contributed by atoms with Crippen LogP contribution < -0.4 is 5.32 Å². The summed E-state index contributed by atoms with van der Waals surface area (Å²) < 4.78 is 4.99. The summed E-state index contributed by atoms with van der Waals surface area (Å²) in [6.45, 7) is 6.01. The Morgan fingerprint density at radius 1 is 1.62 bits per heavy atom. The zero-order valence-electron chi connectivity index (χ0n) is 8.29. The Morgan fingerprint density at radius 3 is 2.77 bits per heavy atom. The number of hydrogen-bond donors (Lipinski definition) is 1. The van der Waals surface area contributed by atoms with Crippen molar-refractivity contribution in [1.29, 1.82) is 0 Å². The van der Waals surface area contributed by atoms with E-state index in [1.165, 1.54) is 0 Å². The molecule has 1 heterocycles. The molecule has 1 unspecified atom stereocenters. The molecule has 0 aliphatic carbocycles. The van der Waals surface area contributed by atoms with Gasteiger partial charge in [0.15, 0.2) is 0 Å². The summed E-state index contributed by atoms with van der Waals surface area (Å²) in [7, 11) is 0. The van der Waals surface area contributed by atoms with Crippen LogP contribution in [0.1, 0.15) is 32.4 Å². The fourth-order valence-electron chi connectivity index (χ4n) is 1.19. The number of furan rings is 1. The third-order valence-electron chi connectivity index (χ3n) is 1.98. The third kappa shape index (κ3) is 2.64. The van der Waals surface area contributed by atoms with E-state index in [1.54, 1.807) is 12.5 Å². The van der Waals surface area contributed by atoms with E-state index in [2.05, 4.69) is 18.2 Å². The number of rotatable bonds is 3. The summed E-state index contributed by atoms with van der Waals surface area (Å²) in [5, 5.41) is 3.31. The molecule has 0 saturated heterocycles. The molecule has 2 nitrogen and oxygen atoms in total. The minimum absolute atomic E-state index is 0.213. The van der Waals surface area contributed by atoms with Crippen LogP contribution in [0.2, 0.25) is 0 Å². The number of nitrogens with one attached hydrogen (secondary N) is 1. The minimum Gasteiger partial charge on any atom is -0.472 e. The zero-order chi connectivity index (χ0) is 9.90. The van der Waals surface area contributed by atoms with Crippen LogP contribution >= 0.6 is 0 Å². The summed E-state index contributed by atoms with van der Waals surface area (Å²) >= 11 is 0. The lowest BCUT2D eigenvalue weighted by Gasteiger charge is -2.24. The molecule has 0 aliphatic heterocycles. The molecule has 70 valence electrons. The van der Waals surface area contributed by atoms with Gasteiger partial charge in [-0.2, -0.15) is 0 Å². The Labute approximate surface area is 79.3 Å². The van der Waals surface area contributed by atoms with Gasteiger partial charge in [0.25, 0.3) is 0 Å². The Kier molecular flexibility index (Phi) is 2.79. The highest BCUT2D eigenvalue weighted by atomic mass is 16.3. The van der Waals surface area contributed by atoms with Crippen molar-refractivity contribution in [1.82, 2.24) is 5.32 Å². The van der Waals surface area contributed by atoms with E-state index in [0.717, 1.165) is 5.56 Å². The summed E-state index contributed by atoms with van der Waals surface area (Å²) in [6.07, 6.45) is 8.76. The predicted octanol–water partition coefficient (Wildman–Crippen LogP) is 2.34. The predicted molar refractivity (Wildman–Crippen MR) is 53.2 cm³/mol. The number of terminal acetylenes is 1. The maximum absolute atomic E-state index is 5.37. The lowest BCUT2D eigenvalue weighted by atomic mass is 10.0. The number of hydrogen-bond acceptors (Lipinski definition) is 2. The molecule has 1 atom stereocenters. The average molecular weight is 177 g/mol. The van der Waals surface area contributed by atoms with Gasteiger partial charge < -0.3 is 4.42 Å². The van der Waals surface area contributed by atoms with Gasteiger partial charge in [0, 0.05) is 11.6 Å². The van der Waals surface area contributed by atoms with Gasteiger partial charge in [-0.25, -0.2) is 0 Å². The second-order valence-electron chi connectivity index (χ2n) is 3.69. The molecule has 13 heavy (non-hydrogen) atoms. The van der Waals surface area contributed by atoms with Crippen molar-refractivity contribution in [3.63, 3.8) is 0 Å². The van der Waals surface area contributed by atoms with Crippen LogP contribution in [-0.2, 0) is 0 Å². The van der Waals surface area contributed by atoms with E-state index < -0.39 is 0 Å². The molecule has 0 radical (unpaired) electrons. The monoisotopic (exact) mass is 177 g/mol. The molecule has 1 aromatic rings. The summed E-state index contributed by atoms with van der Waals surface area (Å²) in [4.78, 5) is 0. The average Bonchev–Trinajstić information content (AvgIpc) is 2.55. The molecule has 0 spiro atoms. The van der Waals surface area contributed by atoms with E-state index in [1.807, 2.05) is 19.9 Å². The van der Waals surface area contributed by atoms with Crippen molar-refractivity contribution in [2.45, 2.75) is 32.4 Å². The molecular weight excluding hydrogens is 162 g/mol. The first-order valence-corrected chi connectivity index (χ1v) is 4.33. The Morgan fingerprint density at radius 2 is 2.31 bits per heavy atom. The van der Waals surface area contributed by atoms with Crippen LogP contribution in [0.5, 0.6) is 0 Å². The molecule has 2 heteroatoms. The van der Waals surface area contributed by atoms with Gasteiger partial charge in [-0.3, -0.25) is 5.32 Å². The van der Waals surface area contributed by atoms with E-state index in [-0.39, 0.29) is 11.6 Å². The first kappa shape index (κ1) is 9.88. The topological polar surface area (TPSA) is 25.2 Å². The van der Waals surface area contributed by atoms with Crippen molar-refractivity contribution in [2.24, 2.45) is 0 Å². The Hall–Kier alpha value is -1.20. The third-order valence-corrected chi connectivity index (χ3v) is 1.98. The Balaban J connectivity index is 2.62. The van der Waals surface area contributed by atoms with Gasteiger partial charge in [0.1, 0.15) is 0 Å². The van der Waals surface area contributed by atoms with Crippen molar-refractivity contribution in [3.05, 3.63) is 24.2 Å². The highest BCUT2D eigenvalue weighted by molar-refractivity contribution is 5.15. The van der Waals surface area contributed by atoms with Crippen molar-refractivity contribution >= 4 is 0 Å². The van der Waals surface area contributed by atoms with Crippen LogP contribution in [0.15, 0.2) is 23.0 Å². The van der Waals surface area contributed by atoms with Crippen molar-refractivity contribution < 1.29 is 4.42 Å². The van der Waals surface area contributed by atoms with Crippen LogP contribution in [0.25, 0.3) is 0 Å². The highest BCUT2D eigenvalue weighted by Gasteiger charge is 2.17. The summed E-state index contributed by atoms with van der Waals surface area (Å²) in [5.74, 6) is 2.69. The first-order valence-electron chi connectivity index (χ1n) is 4.33. The van der Waals surface area contributed by atoms with E-state index in [0.29, 0.717) is 0 Å². The normalized spacial score (nSPS) is 13.7. The molecule has 1 rings (SSSR count). The van der Waals surface area contributed by atoms with Crippen molar-refractivity contribution in [3.8, 4) is 12.3 Å². The maximum atomic E-state index is 5.37. The Bertz CT molecular complexity index is 292. The summed E-state index contributed by atoms with van der Waals surface area (Å²) in [6, 6.07) is 2.15. The molecule has 0 aliphatic rings. The second kappa shape index (κ2) is 3.68. The van der Waals surface area contributed by atoms with Crippen LogP contribution in [0, 0.1) is 12.3 Å². The lowest BCUT2D eigenvalue weighted by molar-refractivity contribution is 0.428. The standard InChI is InChI=1S/C11H15NO/c1-5-11(3,4)12-9(2)10-6-7-13-8-10/h1,6-9,12H,2-4H3. The van der Waals surface area contributed by atoms with Crippen LogP contribution in [0.4, 0.5) is 0 Å². The largest absolute Gasteiger partial charge is 0.472 e. The van der Waals surface area contributed by atoms with Crippen LogP contribution in [-0.4, -0.2) is 5.54 Å². The van der Waals surface area contributed by atoms with E-state index in [4.69, 9.17) is 10.8 Å². The van der Waals surface area contributed by atoms with E-state index >= 15 is 0 Å². The molecule has 0 bridgehead atoms. The van der Waals surface area contributed by atoms with Gasteiger partial charge in [-0.1, -0.05) is 5.92 Å². The molecule has 1 aromatic heterocycles. The molecule has 1 N–H and O–H groups in total. The highest BCUT2D eigenvalue weighted by Crippen LogP contribution is 2.15. The maximum Gasteiger partial charge on any atom is 0.0950 e. The van der Waals surface area contributed by atoms with Gasteiger partial charge in [-0.15, -0.1) is 6.42 Å². The summed E-state index contributed by atoms with van der Waals surface area (Å²) in [5.41, 5.74) is 0.833. The quantitative estimate of drug-likeness (QED) is 0.717. The molecule has 0 fully saturated rings. The molecule has 0 amide bonds. The van der Waals surface area contributed by atoms with Gasteiger partial charge in [0.2, 0.25) is 0 Å². The fourth-order valence-corrected chi connectivity index (χ4v) is 1.19. The SMILES string of the molecule is C#CC(C)(C)NC(C)c1ccoc1. The molecular formula is C11H15NO.